The van der Waals surface area contributed by atoms with Gasteiger partial charge in [-0.1, -0.05) is 103 Å². The SMILES string of the molecule is CC.CC.CCC(C)COCC(C)(C)CNC=O.CCOCC(C)(C)CNC(=O)CCC(NC)C(=O)NCCCC(=O)NCC(C)(C)COCC(C)(C)CC=O.CO. The highest BCUT2D eigenvalue weighted by Crippen LogP contribution is 2.22. The predicted molar refractivity (Wildman–Crippen MR) is 239 cm³/mol. The standard InChI is InChI=1S/C28H54N4O6.C11H23NO2.2C2H6.CH4O/c1-9-37-20-27(4,5)17-32-24(35)13-12-22(29-8)25(36)30-15-10-11-23(34)31-18-28(6,7)21-38-19-26(2,3)14-16-33;1-5-10(2)6-14-8-11(3,4)7-12-9-13;3*1-2/h16,22,29H,9-15,17-21H2,1-8H3,(H,30,36)(H,31,34)(H,32,35);9-10H,5-8H2,1-4H3,(H,12,13);2*1-2H3;2H,1H3. The fraction of sp³-hybridized carbons (Fsp3) is 0.886. The molecule has 0 bridgehead atoms. The van der Waals surface area contributed by atoms with Crippen molar-refractivity contribution in [1.29, 1.82) is 0 Å². The number of aldehydes is 1. The molecule has 0 saturated heterocycles. The summed E-state index contributed by atoms with van der Waals surface area (Å²) in [5, 5.41) is 21.3. The highest BCUT2D eigenvalue weighted by Gasteiger charge is 2.24. The first-order valence-electron chi connectivity index (χ1n) is 21.5. The Labute approximate surface area is 355 Å². The Morgan fingerprint density at radius 2 is 1.14 bits per heavy atom. The number of ether oxygens (including phenoxy) is 3. The fourth-order valence-corrected chi connectivity index (χ4v) is 4.51. The summed E-state index contributed by atoms with van der Waals surface area (Å²) in [6.45, 7) is 36.2. The van der Waals surface area contributed by atoms with Gasteiger partial charge in [0.25, 0.3) is 0 Å². The molecule has 2 atom stereocenters. The van der Waals surface area contributed by atoms with Gasteiger partial charge in [0.15, 0.2) is 0 Å². The van der Waals surface area contributed by atoms with E-state index in [0.717, 1.165) is 32.8 Å². The molecule has 4 amide bonds. The molecule has 0 aromatic carbocycles. The van der Waals surface area contributed by atoms with Gasteiger partial charge in [0.05, 0.1) is 32.5 Å². The Kier molecular flexibility index (Phi) is 44.2. The first-order chi connectivity index (χ1) is 27.2. The molecule has 0 aromatic heterocycles. The third-order valence-corrected chi connectivity index (χ3v) is 8.31. The molecule has 0 heterocycles. The number of rotatable bonds is 30. The average Bonchev–Trinajstić information content (AvgIpc) is 3.19. The van der Waals surface area contributed by atoms with Crippen LogP contribution in [0.1, 0.15) is 142 Å². The molecule has 0 aromatic rings. The second-order valence-corrected chi connectivity index (χ2v) is 17.0. The summed E-state index contributed by atoms with van der Waals surface area (Å²) in [7, 11) is 2.69. The van der Waals surface area contributed by atoms with E-state index in [2.05, 4.69) is 54.3 Å². The molecule has 0 aliphatic carbocycles. The number of aliphatic hydroxyl groups excluding tert-OH is 1. The van der Waals surface area contributed by atoms with E-state index >= 15 is 0 Å². The highest BCUT2D eigenvalue weighted by molar-refractivity contribution is 5.83. The van der Waals surface area contributed by atoms with Crippen LogP contribution < -0.4 is 26.6 Å². The lowest BCUT2D eigenvalue weighted by atomic mass is 9.90. The number of carbonyl (C=O) groups is 5. The van der Waals surface area contributed by atoms with Crippen LogP contribution in [0.4, 0.5) is 0 Å². The van der Waals surface area contributed by atoms with Crippen molar-refractivity contribution < 1.29 is 43.3 Å². The molecule has 0 aliphatic heterocycles. The predicted octanol–water partition coefficient (Wildman–Crippen LogP) is 5.69. The third kappa shape index (κ3) is 42.9. The van der Waals surface area contributed by atoms with Crippen molar-refractivity contribution in [2.24, 2.45) is 27.6 Å². The van der Waals surface area contributed by atoms with Crippen LogP contribution in [0, 0.1) is 27.6 Å². The summed E-state index contributed by atoms with van der Waals surface area (Å²) in [6.07, 6.45) is 4.66. The first-order valence-corrected chi connectivity index (χ1v) is 21.5. The zero-order valence-corrected chi connectivity index (χ0v) is 40.3. The van der Waals surface area contributed by atoms with Crippen LogP contribution in [0.15, 0.2) is 0 Å². The molecule has 14 heteroatoms. The van der Waals surface area contributed by atoms with Gasteiger partial charge in [-0.15, -0.1) is 0 Å². The smallest absolute Gasteiger partial charge is 0.237 e. The number of carbonyl (C=O) groups excluding carboxylic acids is 5. The minimum atomic E-state index is -0.483. The van der Waals surface area contributed by atoms with Crippen molar-refractivity contribution in [3.63, 3.8) is 0 Å². The number of nitrogens with one attached hydrogen (secondary N) is 5. The lowest BCUT2D eigenvalue weighted by Gasteiger charge is -2.28. The van der Waals surface area contributed by atoms with E-state index < -0.39 is 6.04 Å². The van der Waals surface area contributed by atoms with Gasteiger partial charge in [0.1, 0.15) is 6.29 Å². The van der Waals surface area contributed by atoms with Crippen LogP contribution in [0.25, 0.3) is 0 Å². The molecule has 14 nitrogen and oxygen atoms in total. The molecule has 0 spiro atoms. The van der Waals surface area contributed by atoms with Crippen LogP contribution >= 0.6 is 0 Å². The lowest BCUT2D eigenvalue weighted by Crippen LogP contribution is -2.44. The maximum Gasteiger partial charge on any atom is 0.237 e. The van der Waals surface area contributed by atoms with Crippen LogP contribution in [0.5, 0.6) is 0 Å². The van der Waals surface area contributed by atoms with Gasteiger partial charge in [-0.05, 0) is 38.1 Å². The van der Waals surface area contributed by atoms with Crippen LogP contribution in [-0.2, 0) is 38.2 Å². The Balaban J connectivity index is -0.000000388. The summed E-state index contributed by atoms with van der Waals surface area (Å²) in [5.41, 5.74) is -0.581. The Morgan fingerprint density at radius 3 is 1.60 bits per heavy atom. The second-order valence-electron chi connectivity index (χ2n) is 17.0. The van der Waals surface area contributed by atoms with E-state index in [-0.39, 0.29) is 45.8 Å². The summed E-state index contributed by atoms with van der Waals surface area (Å²) in [6, 6.07) is -0.483. The molecule has 0 fully saturated rings. The van der Waals surface area contributed by atoms with E-state index in [0.29, 0.717) is 90.8 Å². The van der Waals surface area contributed by atoms with Gasteiger partial charge >= 0.3 is 0 Å². The monoisotopic (exact) mass is 836 g/mol. The average molecular weight is 836 g/mol. The van der Waals surface area contributed by atoms with Crippen molar-refractivity contribution in [3.05, 3.63) is 0 Å². The van der Waals surface area contributed by atoms with Gasteiger partial charge < -0.3 is 50.7 Å². The Morgan fingerprint density at radius 1 is 0.672 bits per heavy atom. The topological polar surface area (TPSA) is 193 Å². The van der Waals surface area contributed by atoms with Gasteiger partial charge in [-0.25, -0.2) is 0 Å². The minimum absolute atomic E-state index is 0.0222. The molecular weight excluding hydrogens is 743 g/mol. The van der Waals surface area contributed by atoms with E-state index in [1.165, 1.54) is 0 Å². The summed E-state index contributed by atoms with van der Waals surface area (Å²) in [4.78, 5) is 57.8. The number of hydrogen-bond acceptors (Lipinski definition) is 10. The second kappa shape index (κ2) is 39.8. The maximum atomic E-state index is 12.5. The van der Waals surface area contributed by atoms with Gasteiger partial charge in [0, 0.05) is 82.0 Å². The molecule has 6 N–H and O–H groups in total. The van der Waals surface area contributed by atoms with E-state index in [1.54, 1.807) is 7.05 Å². The number of aliphatic hydroxyl groups is 1. The largest absolute Gasteiger partial charge is 0.400 e. The van der Waals surface area contributed by atoms with E-state index in [1.807, 2.05) is 76.2 Å². The van der Waals surface area contributed by atoms with Gasteiger partial charge in [0.2, 0.25) is 24.1 Å². The number of amides is 4. The van der Waals surface area contributed by atoms with Crippen molar-refractivity contribution in [1.82, 2.24) is 26.6 Å². The lowest BCUT2D eigenvalue weighted by molar-refractivity contribution is -0.125. The Bertz CT molecular complexity index is 1010. The molecule has 0 rings (SSSR count). The van der Waals surface area contributed by atoms with Gasteiger partial charge in [-0.3, -0.25) is 19.2 Å². The summed E-state index contributed by atoms with van der Waals surface area (Å²) >= 11 is 0. The minimum Gasteiger partial charge on any atom is -0.400 e. The van der Waals surface area contributed by atoms with E-state index in [9.17, 15) is 24.0 Å². The van der Waals surface area contributed by atoms with Crippen LogP contribution in [0.2, 0.25) is 0 Å². The molecule has 2 unspecified atom stereocenters. The molecule has 0 radical (unpaired) electrons. The normalized spacial score (nSPS) is 12.2. The number of likely N-dealkylation sites (N-methyl/N-ethyl adjacent to an activating group) is 1. The summed E-state index contributed by atoms with van der Waals surface area (Å²) < 4.78 is 16.8. The zero-order chi connectivity index (χ0) is 46.3. The first kappa shape index (κ1) is 64.5. The van der Waals surface area contributed by atoms with E-state index in [4.69, 9.17) is 19.3 Å². The fourth-order valence-electron chi connectivity index (χ4n) is 4.51. The number of hydrogen-bond donors (Lipinski definition) is 6. The molecular formula is C44H93N5O9. The van der Waals surface area contributed by atoms with Crippen molar-refractivity contribution >= 4 is 30.4 Å². The summed E-state index contributed by atoms with van der Waals surface area (Å²) in [5.74, 6) is 0.248. The van der Waals surface area contributed by atoms with Crippen molar-refractivity contribution in [3.8, 4) is 0 Å². The Hall–Kier alpha value is -2.65. The highest BCUT2D eigenvalue weighted by atomic mass is 16.5. The van der Waals surface area contributed by atoms with Crippen LogP contribution in [-0.4, -0.2) is 122 Å². The third-order valence-electron chi connectivity index (χ3n) is 8.31. The van der Waals surface area contributed by atoms with Gasteiger partial charge in [-0.2, -0.15) is 0 Å². The quantitative estimate of drug-likeness (QED) is 0.0387. The molecule has 348 valence electrons. The molecule has 0 aliphatic rings. The zero-order valence-electron chi connectivity index (χ0n) is 40.3. The van der Waals surface area contributed by atoms with Crippen molar-refractivity contribution in [2.45, 2.75) is 148 Å². The molecule has 0 saturated carbocycles. The van der Waals surface area contributed by atoms with Crippen LogP contribution in [0.3, 0.4) is 0 Å². The van der Waals surface area contributed by atoms with Crippen molar-refractivity contribution in [2.75, 3.05) is 80.0 Å². The maximum absolute atomic E-state index is 12.5. The molecule has 58 heavy (non-hydrogen) atoms.